The lowest BCUT2D eigenvalue weighted by molar-refractivity contribution is 0.300. The molecule has 1 aromatic carbocycles. The molecule has 0 radical (unpaired) electrons. The molecule has 0 spiro atoms. The average molecular weight is 247 g/mol. The number of para-hydroxylation sites is 1. The molecule has 0 aromatic heterocycles. The van der Waals surface area contributed by atoms with E-state index in [1.807, 2.05) is 30.3 Å². The minimum Gasteiger partial charge on any atom is -0.492 e. The van der Waals surface area contributed by atoms with Crippen molar-refractivity contribution in [2.75, 3.05) is 13.2 Å². The van der Waals surface area contributed by atoms with Crippen molar-refractivity contribution < 1.29 is 4.74 Å². The van der Waals surface area contributed by atoms with Gasteiger partial charge in [0, 0.05) is 12.6 Å². The number of hydrogen-bond donors (Lipinski definition) is 1. The molecule has 2 heteroatoms. The van der Waals surface area contributed by atoms with E-state index in [-0.39, 0.29) is 0 Å². The summed E-state index contributed by atoms with van der Waals surface area (Å²) in [4.78, 5) is 0. The maximum atomic E-state index is 5.69. The summed E-state index contributed by atoms with van der Waals surface area (Å²) in [6.45, 7) is 4.09. The third kappa shape index (κ3) is 4.69. The molecule has 1 aliphatic carbocycles. The second-order valence-electron chi connectivity index (χ2n) is 5.43. The van der Waals surface area contributed by atoms with Crippen LogP contribution in [-0.2, 0) is 0 Å². The first-order chi connectivity index (χ1) is 8.84. The van der Waals surface area contributed by atoms with Crippen molar-refractivity contribution in [3.63, 3.8) is 0 Å². The zero-order valence-corrected chi connectivity index (χ0v) is 11.4. The van der Waals surface area contributed by atoms with Crippen molar-refractivity contribution in [1.82, 2.24) is 5.32 Å². The van der Waals surface area contributed by atoms with Crippen LogP contribution in [0.2, 0.25) is 0 Å². The highest BCUT2D eigenvalue weighted by atomic mass is 16.5. The summed E-state index contributed by atoms with van der Waals surface area (Å²) >= 11 is 0. The Kier molecular flexibility index (Phi) is 5.53. The Hall–Kier alpha value is -1.02. The number of ether oxygens (including phenoxy) is 1. The molecule has 1 saturated carbocycles. The van der Waals surface area contributed by atoms with Crippen molar-refractivity contribution in [2.45, 2.75) is 45.1 Å². The van der Waals surface area contributed by atoms with Crippen molar-refractivity contribution in [2.24, 2.45) is 5.92 Å². The number of rotatable bonds is 5. The van der Waals surface area contributed by atoms with Gasteiger partial charge >= 0.3 is 0 Å². The fourth-order valence-electron chi connectivity index (χ4n) is 2.64. The second kappa shape index (κ2) is 7.42. The van der Waals surface area contributed by atoms with Gasteiger partial charge in [0.1, 0.15) is 12.4 Å². The van der Waals surface area contributed by atoms with E-state index in [4.69, 9.17) is 4.74 Å². The summed E-state index contributed by atoms with van der Waals surface area (Å²) in [7, 11) is 0. The summed E-state index contributed by atoms with van der Waals surface area (Å²) < 4.78 is 5.69. The zero-order chi connectivity index (χ0) is 12.6. The fraction of sp³-hybridized carbons (Fsp3) is 0.625. The molecule has 1 aromatic rings. The van der Waals surface area contributed by atoms with Gasteiger partial charge in [0.15, 0.2) is 0 Å². The molecular weight excluding hydrogens is 222 g/mol. The standard InChI is InChI=1S/C16H25NO/c1-14-6-5-7-15(11-10-14)17-12-13-18-16-8-3-2-4-9-16/h2-4,8-9,14-15,17H,5-7,10-13H2,1H3. The Morgan fingerprint density at radius 3 is 2.78 bits per heavy atom. The van der Waals surface area contributed by atoms with Crippen LogP contribution in [0, 0.1) is 5.92 Å². The summed E-state index contributed by atoms with van der Waals surface area (Å²) in [6, 6.07) is 10.7. The lowest BCUT2D eigenvalue weighted by Gasteiger charge is -2.16. The van der Waals surface area contributed by atoms with E-state index in [0.29, 0.717) is 6.04 Å². The van der Waals surface area contributed by atoms with E-state index >= 15 is 0 Å². The monoisotopic (exact) mass is 247 g/mol. The molecular formula is C16H25NO. The van der Waals surface area contributed by atoms with Crippen LogP contribution in [0.4, 0.5) is 0 Å². The van der Waals surface area contributed by atoms with E-state index in [1.54, 1.807) is 0 Å². The Bertz CT molecular complexity index is 325. The molecule has 2 atom stereocenters. The largest absolute Gasteiger partial charge is 0.492 e. The summed E-state index contributed by atoms with van der Waals surface area (Å²) in [5.41, 5.74) is 0. The maximum absolute atomic E-state index is 5.69. The van der Waals surface area contributed by atoms with Crippen molar-refractivity contribution in [3.05, 3.63) is 30.3 Å². The average Bonchev–Trinajstić information content (AvgIpc) is 2.61. The first-order valence-corrected chi connectivity index (χ1v) is 7.26. The van der Waals surface area contributed by atoms with E-state index in [1.165, 1.54) is 32.1 Å². The van der Waals surface area contributed by atoms with E-state index in [0.717, 1.165) is 24.8 Å². The van der Waals surface area contributed by atoms with Gasteiger partial charge in [-0.25, -0.2) is 0 Å². The molecule has 18 heavy (non-hydrogen) atoms. The van der Waals surface area contributed by atoms with Gasteiger partial charge in [-0.2, -0.15) is 0 Å². The normalized spacial score (nSPS) is 24.5. The Morgan fingerprint density at radius 1 is 1.11 bits per heavy atom. The molecule has 2 nitrogen and oxygen atoms in total. The van der Waals surface area contributed by atoms with Gasteiger partial charge in [0.05, 0.1) is 0 Å². The molecule has 2 rings (SSSR count). The van der Waals surface area contributed by atoms with Gasteiger partial charge in [0.2, 0.25) is 0 Å². The highest BCUT2D eigenvalue weighted by Crippen LogP contribution is 2.22. The molecule has 1 aliphatic rings. The molecule has 0 heterocycles. The van der Waals surface area contributed by atoms with Crippen molar-refractivity contribution in [3.8, 4) is 5.75 Å². The second-order valence-corrected chi connectivity index (χ2v) is 5.43. The summed E-state index contributed by atoms with van der Waals surface area (Å²) in [6.07, 6.45) is 6.80. The van der Waals surface area contributed by atoms with Crippen LogP contribution in [-0.4, -0.2) is 19.2 Å². The smallest absolute Gasteiger partial charge is 0.119 e. The first-order valence-electron chi connectivity index (χ1n) is 7.26. The zero-order valence-electron chi connectivity index (χ0n) is 11.4. The van der Waals surface area contributed by atoms with Crippen LogP contribution in [0.5, 0.6) is 5.75 Å². The van der Waals surface area contributed by atoms with Crippen LogP contribution >= 0.6 is 0 Å². The molecule has 1 fully saturated rings. The predicted octanol–water partition coefficient (Wildman–Crippen LogP) is 3.62. The first kappa shape index (κ1) is 13.4. The Morgan fingerprint density at radius 2 is 1.94 bits per heavy atom. The number of hydrogen-bond acceptors (Lipinski definition) is 2. The van der Waals surface area contributed by atoms with Crippen LogP contribution in [0.25, 0.3) is 0 Å². The SMILES string of the molecule is CC1CCCC(NCCOc2ccccc2)CC1. The third-order valence-corrected chi connectivity index (χ3v) is 3.80. The minimum absolute atomic E-state index is 0.703. The van der Waals surface area contributed by atoms with Crippen molar-refractivity contribution in [1.29, 1.82) is 0 Å². The summed E-state index contributed by atoms with van der Waals surface area (Å²) in [5, 5.41) is 3.63. The minimum atomic E-state index is 0.703. The van der Waals surface area contributed by atoms with Crippen LogP contribution < -0.4 is 10.1 Å². The van der Waals surface area contributed by atoms with E-state index < -0.39 is 0 Å². The van der Waals surface area contributed by atoms with E-state index in [9.17, 15) is 0 Å². The molecule has 0 bridgehead atoms. The highest BCUT2D eigenvalue weighted by Gasteiger charge is 2.15. The Balaban J connectivity index is 1.60. The molecule has 1 N–H and O–H groups in total. The topological polar surface area (TPSA) is 21.3 Å². The highest BCUT2D eigenvalue weighted by molar-refractivity contribution is 5.20. The molecule has 0 aliphatic heterocycles. The van der Waals surface area contributed by atoms with E-state index in [2.05, 4.69) is 12.2 Å². The van der Waals surface area contributed by atoms with Crippen LogP contribution in [0.3, 0.4) is 0 Å². The van der Waals surface area contributed by atoms with Gasteiger partial charge in [-0.05, 0) is 37.3 Å². The lowest BCUT2D eigenvalue weighted by Crippen LogP contribution is -2.32. The van der Waals surface area contributed by atoms with Gasteiger partial charge in [-0.1, -0.05) is 38.0 Å². The Labute approximate surface area is 111 Å². The summed E-state index contributed by atoms with van der Waals surface area (Å²) in [5.74, 6) is 1.88. The van der Waals surface area contributed by atoms with Gasteiger partial charge in [-0.3, -0.25) is 0 Å². The number of benzene rings is 1. The maximum Gasteiger partial charge on any atom is 0.119 e. The van der Waals surface area contributed by atoms with Gasteiger partial charge < -0.3 is 10.1 Å². The number of nitrogens with one attached hydrogen (secondary N) is 1. The van der Waals surface area contributed by atoms with Crippen LogP contribution in [0.1, 0.15) is 39.0 Å². The predicted molar refractivity (Wildman–Crippen MR) is 76.0 cm³/mol. The fourth-order valence-corrected chi connectivity index (χ4v) is 2.64. The van der Waals surface area contributed by atoms with Gasteiger partial charge in [0.25, 0.3) is 0 Å². The third-order valence-electron chi connectivity index (χ3n) is 3.80. The molecule has 0 saturated heterocycles. The van der Waals surface area contributed by atoms with Crippen LogP contribution in [0.15, 0.2) is 30.3 Å². The molecule has 2 unspecified atom stereocenters. The van der Waals surface area contributed by atoms with Gasteiger partial charge in [-0.15, -0.1) is 0 Å². The molecule has 100 valence electrons. The quantitative estimate of drug-likeness (QED) is 0.634. The van der Waals surface area contributed by atoms with Crippen molar-refractivity contribution >= 4 is 0 Å². The molecule has 0 amide bonds. The lowest BCUT2D eigenvalue weighted by atomic mass is 10.0.